The zero-order valence-corrected chi connectivity index (χ0v) is 7.97. The Balaban J connectivity index is 2.24. The molecule has 1 aliphatic rings. The van der Waals surface area contributed by atoms with Gasteiger partial charge in [-0.25, -0.2) is 0 Å². The summed E-state index contributed by atoms with van der Waals surface area (Å²) in [7, 11) is 1.80. The molecule has 5 nitrogen and oxygen atoms in total. The van der Waals surface area contributed by atoms with Gasteiger partial charge < -0.3 is 10.6 Å². The molecule has 1 fully saturated rings. The summed E-state index contributed by atoms with van der Waals surface area (Å²) in [5.41, 5.74) is 6.13. The highest BCUT2D eigenvalue weighted by Gasteiger charge is 2.31. The van der Waals surface area contributed by atoms with E-state index in [2.05, 4.69) is 10.2 Å². The van der Waals surface area contributed by atoms with E-state index in [1.165, 1.54) is 0 Å². The molecule has 1 amide bonds. The highest BCUT2D eigenvalue weighted by atomic mass is 16.2. The summed E-state index contributed by atoms with van der Waals surface area (Å²) in [4.78, 5) is 13.3. The van der Waals surface area contributed by atoms with Crippen molar-refractivity contribution >= 4 is 11.7 Å². The van der Waals surface area contributed by atoms with Crippen LogP contribution in [0.15, 0.2) is 12.1 Å². The number of anilines is 1. The summed E-state index contributed by atoms with van der Waals surface area (Å²) in [6, 6.07) is 3.44. The smallest absolute Gasteiger partial charge is 0.231 e. The Kier molecular flexibility index (Phi) is 2.07. The predicted octanol–water partition coefficient (Wildman–Crippen LogP) is 0.00450. The van der Waals surface area contributed by atoms with E-state index < -0.39 is 0 Å². The van der Waals surface area contributed by atoms with Crippen LogP contribution in [-0.2, 0) is 4.79 Å². The van der Waals surface area contributed by atoms with Crippen LogP contribution < -0.4 is 5.73 Å². The molecule has 1 aromatic rings. The van der Waals surface area contributed by atoms with Crippen LogP contribution in [0.25, 0.3) is 0 Å². The number of nitrogens with zero attached hydrogens (tertiary/aromatic N) is 3. The Labute approximate surface area is 81.9 Å². The molecule has 0 spiro atoms. The second-order valence-electron chi connectivity index (χ2n) is 3.48. The molecule has 0 aliphatic carbocycles. The van der Waals surface area contributed by atoms with Crippen LogP contribution in [-0.4, -0.2) is 34.6 Å². The molecule has 1 aromatic heterocycles. The Morgan fingerprint density at radius 1 is 1.50 bits per heavy atom. The molecule has 2 heterocycles. The van der Waals surface area contributed by atoms with Crippen LogP contribution in [0.4, 0.5) is 5.82 Å². The van der Waals surface area contributed by atoms with Gasteiger partial charge in [-0.2, -0.15) is 5.10 Å². The monoisotopic (exact) mass is 192 g/mol. The fourth-order valence-corrected chi connectivity index (χ4v) is 1.64. The van der Waals surface area contributed by atoms with Crippen LogP contribution in [0, 0.1) is 0 Å². The number of hydrogen-bond acceptors (Lipinski definition) is 4. The number of nitrogen functional groups attached to an aromatic ring is 1. The summed E-state index contributed by atoms with van der Waals surface area (Å²) in [5.74, 6) is 0.365. The van der Waals surface area contributed by atoms with E-state index in [0.29, 0.717) is 11.5 Å². The molecule has 1 atom stereocenters. The minimum absolute atomic E-state index is 0.115. The summed E-state index contributed by atoms with van der Waals surface area (Å²) < 4.78 is 0. The molecule has 14 heavy (non-hydrogen) atoms. The molecule has 0 bridgehead atoms. The number of aromatic nitrogens is 2. The van der Waals surface area contributed by atoms with E-state index in [-0.39, 0.29) is 11.8 Å². The fourth-order valence-electron chi connectivity index (χ4n) is 1.64. The molecular weight excluding hydrogens is 180 g/mol. The molecule has 0 aromatic carbocycles. The first-order chi connectivity index (χ1) is 6.68. The maximum atomic E-state index is 11.6. The second-order valence-corrected chi connectivity index (χ2v) is 3.48. The first-order valence-electron chi connectivity index (χ1n) is 4.52. The lowest BCUT2D eigenvalue weighted by Crippen LogP contribution is -2.22. The van der Waals surface area contributed by atoms with Gasteiger partial charge in [-0.05, 0) is 18.6 Å². The third-order valence-corrected chi connectivity index (χ3v) is 2.49. The number of amides is 1. The van der Waals surface area contributed by atoms with Gasteiger partial charge in [-0.1, -0.05) is 0 Å². The molecule has 1 unspecified atom stereocenters. The van der Waals surface area contributed by atoms with Crippen molar-refractivity contribution in [1.82, 2.24) is 15.1 Å². The van der Waals surface area contributed by atoms with Crippen molar-refractivity contribution in [2.45, 2.75) is 12.3 Å². The van der Waals surface area contributed by atoms with Crippen LogP contribution >= 0.6 is 0 Å². The van der Waals surface area contributed by atoms with Gasteiger partial charge >= 0.3 is 0 Å². The number of carbonyl (C=O) groups is 1. The van der Waals surface area contributed by atoms with Crippen LogP contribution in [0.3, 0.4) is 0 Å². The van der Waals surface area contributed by atoms with Gasteiger partial charge in [0.2, 0.25) is 5.91 Å². The van der Waals surface area contributed by atoms with E-state index in [1.54, 1.807) is 24.1 Å². The zero-order valence-electron chi connectivity index (χ0n) is 7.97. The largest absolute Gasteiger partial charge is 0.382 e. The highest BCUT2D eigenvalue weighted by molar-refractivity contribution is 5.85. The van der Waals surface area contributed by atoms with Gasteiger partial charge in [0.1, 0.15) is 5.82 Å². The third kappa shape index (κ3) is 1.41. The van der Waals surface area contributed by atoms with Crippen molar-refractivity contribution in [1.29, 1.82) is 0 Å². The van der Waals surface area contributed by atoms with Gasteiger partial charge in [0.15, 0.2) is 0 Å². The average Bonchev–Trinajstić information content (AvgIpc) is 2.50. The van der Waals surface area contributed by atoms with E-state index in [4.69, 9.17) is 5.73 Å². The van der Waals surface area contributed by atoms with Gasteiger partial charge in [0.05, 0.1) is 11.6 Å². The van der Waals surface area contributed by atoms with Gasteiger partial charge in [-0.3, -0.25) is 4.79 Å². The minimum atomic E-state index is -0.131. The van der Waals surface area contributed by atoms with Crippen molar-refractivity contribution in [3.8, 4) is 0 Å². The predicted molar refractivity (Wildman–Crippen MR) is 51.4 cm³/mol. The van der Waals surface area contributed by atoms with Gasteiger partial charge in [-0.15, -0.1) is 5.10 Å². The number of likely N-dealkylation sites (N-methyl/N-ethyl adjacent to an activating group) is 1. The normalized spacial score (nSPS) is 21.6. The first-order valence-corrected chi connectivity index (χ1v) is 4.52. The summed E-state index contributed by atoms with van der Waals surface area (Å²) >= 11 is 0. The Hall–Kier alpha value is -1.65. The topological polar surface area (TPSA) is 72.1 Å². The molecule has 5 heteroatoms. The van der Waals surface area contributed by atoms with Crippen molar-refractivity contribution in [2.24, 2.45) is 0 Å². The number of carbonyl (C=O) groups excluding carboxylic acids is 1. The third-order valence-electron chi connectivity index (χ3n) is 2.49. The number of likely N-dealkylation sites (tertiary alicyclic amines) is 1. The maximum Gasteiger partial charge on any atom is 0.231 e. The second kappa shape index (κ2) is 3.25. The average molecular weight is 192 g/mol. The SMILES string of the molecule is CN1CCC(c2ccc(N)nn2)C1=O. The van der Waals surface area contributed by atoms with E-state index in [9.17, 15) is 4.79 Å². The maximum absolute atomic E-state index is 11.6. The van der Waals surface area contributed by atoms with Crippen LogP contribution in [0.5, 0.6) is 0 Å². The van der Waals surface area contributed by atoms with E-state index in [0.717, 1.165) is 13.0 Å². The molecular formula is C9H12N4O. The van der Waals surface area contributed by atoms with Gasteiger partial charge in [0.25, 0.3) is 0 Å². The molecule has 1 aliphatic heterocycles. The lowest BCUT2D eigenvalue weighted by molar-refractivity contribution is -0.127. The highest BCUT2D eigenvalue weighted by Crippen LogP contribution is 2.25. The summed E-state index contributed by atoms with van der Waals surface area (Å²) in [6.07, 6.45) is 0.813. The lowest BCUT2D eigenvalue weighted by Gasteiger charge is -2.08. The Morgan fingerprint density at radius 3 is 2.79 bits per heavy atom. The molecule has 0 radical (unpaired) electrons. The molecule has 74 valence electrons. The molecule has 2 N–H and O–H groups in total. The summed E-state index contributed by atoms with van der Waals surface area (Å²) in [6.45, 7) is 0.787. The number of hydrogen-bond donors (Lipinski definition) is 1. The van der Waals surface area contributed by atoms with Crippen LogP contribution in [0.2, 0.25) is 0 Å². The quantitative estimate of drug-likeness (QED) is 0.680. The first kappa shape index (κ1) is 8.93. The van der Waals surface area contributed by atoms with Crippen molar-refractivity contribution in [3.05, 3.63) is 17.8 Å². The van der Waals surface area contributed by atoms with Crippen molar-refractivity contribution < 1.29 is 4.79 Å². The minimum Gasteiger partial charge on any atom is -0.382 e. The molecule has 2 rings (SSSR count). The van der Waals surface area contributed by atoms with E-state index >= 15 is 0 Å². The van der Waals surface area contributed by atoms with Crippen LogP contribution in [0.1, 0.15) is 18.0 Å². The zero-order chi connectivity index (χ0) is 10.1. The standard InChI is InChI=1S/C9H12N4O/c1-13-5-4-6(9(13)14)7-2-3-8(10)12-11-7/h2-3,6H,4-5H2,1H3,(H2,10,12). The summed E-state index contributed by atoms with van der Waals surface area (Å²) in [5, 5.41) is 7.66. The number of rotatable bonds is 1. The van der Waals surface area contributed by atoms with Gasteiger partial charge in [0, 0.05) is 13.6 Å². The fraction of sp³-hybridized carbons (Fsp3) is 0.444. The molecule has 1 saturated heterocycles. The Morgan fingerprint density at radius 2 is 2.29 bits per heavy atom. The lowest BCUT2D eigenvalue weighted by atomic mass is 10.0. The van der Waals surface area contributed by atoms with Crippen molar-refractivity contribution in [2.75, 3.05) is 19.3 Å². The Bertz CT molecular complexity index is 348. The van der Waals surface area contributed by atoms with Crippen molar-refractivity contribution in [3.63, 3.8) is 0 Å². The molecule has 0 saturated carbocycles. The van der Waals surface area contributed by atoms with E-state index in [1.807, 2.05) is 0 Å². The number of nitrogens with two attached hydrogens (primary N) is 1.